The number of aliphatic hydroxyl groups is 1. The van der Waals surface area contributed by atoms with E-state index in [0.29, 0.717) is 35.8 Å². The van der Waals surface area contributed by atoms with E-state index in [-0.39, 0.29) is 22.6 Å². The van der Waals surface area contributed by atoms with Gasteiger partial charge < -0.3 is 10.4 Å². The predicted molar refractivity (Wildman–Crippen MR) is 104 cm³/mol. The monoisotopic (exact) mass is 417 g/mol. The van der Waals surface area contributed by atoms with Gasteiger partial charge in [0.05, 0.1) is 20.5 Å². The van der Waals surface area contributed by atoms with Crippen LogP contribution in [0.3, 0.4) is 0 Å². The average Bonchev–Trinajstić information content (AvgIpc) is 2.91. The molecule has 2 rings (SSSR count). The first-order valence-electron chi connectivity index (χ1n) is 7.85. The van der Waals surface area contributed by atoms with Gasteiger partial charge in [-0.05, 0) is 37.5 Å². The summed E-state index contributed by atoms with van der Waals surface area (Å²) in [7, 11) is -3.45. The van der Waals surface area contributed by atoms with Crippen LogP contribution in [0.2, 0.25) is 5.02 Å². The van der Waals surface area contributed by atoms with Crippen LogP contribution in [-0.2, 0) is 9.84 Å². The molecular weight excluding hydrogens is 398 g/mol. The first kappa shape index (κ1) is 20.6. The zero-order valence-electron chi connectivity index (χ0n) is 14.4. The third-order valence-corrected chi connectivity index (χ3v) is 6.18. The zero-order valence-corrected chi connectivity index (χ0v) is 16.8. The van der Waals surface area contributed by atoms with E-state index >= 15 is 0 Å². The molecule has 0 aliphatic rings. The van der Waals surface area contributed by atoms with Crippen LogP contribution in [-0.4, -0.2) is 43.9 Å². The van der Waals surface area contributed by atoms with Gasteiger partial charge in [0, 0.05) is 19.4 Å². The number of urea groups is 1. The molecule has 26 heavy (non-hydrogen) atoms. The van der Waals surface area contributed by atoms with Crippen molar-refractivity contribution in [2.45, 2.75) is 24.7 Å². The lowest BCUT2D eigenvalue weighted by Gasteiger charge is -2.05. The molecule has 0 fully saturated rings. The number of hydrogen-bond donors (Lipinski definition) is 3. The molecule has 142 valence electrons. The Labute approximate surface area is 161 Å². The minimum absolute atomic E-state index is 0.0561. The number of carbonyl (C=O) groups excluding carboxylic acids is 1. The molecule has 0 radical (unpaired) electrons. The van der Waals surface area contributed by atoms with Crippen molar-refractivity contribution in [2.24, 2.45) is 0 Å². The van der Waals surface area contributed by atoms with E-state index in [1.807, 2.05) is 0 Å². The summed E-state index contributed by atoms with van der Waals surface area (Å²) in [6.45, 7) is 2.33. The minimum Gasteiger partial charge on any atom is -0.396 e. The van der Waals surface area contributed by atoms with Crippen molar-refractivity contribution in [3.63, 3.8) is 0 Å². The first-order valence-corrected chi connectivity index (χ1v) is 10.9. The number of nitrogens with zero attached hydrogens (tertiary/aromatic N) is 1. The number of thiazole rings is 1. The maximum absolute atomic E-state index is 11.8. The van der Waals surface area contributed by atoms with Crippen LogP contribution in [0.1, 0.15) is 18.5 Å². The SMILES string of the molecule is Cc1nc(NC(=O)NCCCCO)sc1-c1ccc(Cl)c(S(C)(=O)=O)c1. The Balaban J connectivity index is 2.17. The van der Waals surface area contributed by atoms with Crippen LogP contribution in [0.25, 0.3) is 10.4 Å². The molecule has 0 bridgehead atoms. The summed E-state index contributed by atoms with van der Waals surface area (Å²) >= 11 is 7.23. The number of anilines is 1. The van der Waals surface area contributed by atoms with Crippen molar-refractivity contribution in [1.82, 2.24) is 10.3 Å². The molecule has 1 heterocycles. The zero-order chi connectivity index (χ0) is 19.3. The van der Waals surface area contributed by atoms with E-state index in [4.69, 9.17) is 16.7 Å². The number of aromatic nitrogens is 1. The highest BCUT2D eigenvalue weighted by molar-refractivity contribution is 7.90. The normalized spacial score (nSPS) is 11.4. The lowest BCUT2D eigenvalue weighted by Crippen LogP contribution is -2.29. The number of halogens is 1. The highest BCUT2D eigenvalue weighted by atomic mass is 35.5. The Bertz CT molecular complexity index is 897. The summed E-state index contributed by atoms with van der Waals surface area (Å²) in [6, 6.07) is 4.39. The second-order valence-corrected chi connectivity index (χ2v) is 9.05. The van der Waals surface area contributed by atoms with Crippen LogP contribution < -0.4 is 10.6 Å². The largest absolute Gasteiger partial charge is 0.396 e. The molecule has 0 saturated heterocycles. The molecule has 0 aliphatic heterocycles. The minimum atomic E-state index is -3.45. The number of carbonyl (C=O) groups is 1. The Hall–Kier alpha value is -1.68. The molecule has 10 heteroatoms. The number of nitrogens with one attached hydrogen (secondary N) is 2. The quantitative estimate of drug-likeness (QED) is 0.600. The Morgan fingerprint density at radius 1 is 1.35 bits per heavy atom. The van der Waals surface area contributed by atoms with Crippen LogP contribution >= 0.6 is 22.9 Å². The molecule has 1 aromatic heterocycles. The smallest absolute Gasteiger partial charge is 0.321 e. The van der Waals surface area contributed by atoms with Gasteiger partial charge in [0.25, 0.3) is 0 Å². The maximum Gasteiger partial charge on any atom is 0.321 e. The predicted octanol–water partition coefficient (Wildman–Crippen LogP) is 3.07. The maximum atomic E-state index is 11.8. The van der Waals surface area contributed by atoms with Gasteiger partial charge in [-0.25, -0.2) is 18.2 Å². The third kappa shape index (κ3) is 5.41. The van der Waals surface area contributed by atoms with Gasteiger partial charge in [0.2, 0.25) is 0 Å². The molecule has 0 spiro atoms. The van der Waals surface area contributed by atoms with Crippen molar-refractivity contribution in [2.75, 3.05) is 24.7 Å². The van der Waals surface area contributed by atoms with Gasteiger partial charge in [-0.3, -0.25) is 5.32 Å². The van der Waals surface area contributed by atoms with E-state index < -0.39 is 9.84 Å². The third-order valence-electron chi connectivity index (χ3n) is 3.48. The summed E-state index contributed by atoms with van der Waals surface area (Å²) in [5, 5.41) is 14.6. The van der Waals surface area contributed by atoms with E-state index in [2.05, 4.69) is 15.6 Å². The molecule has 2 aromatic rings. The number of aryl methyl sites for hydroxylation is 1. The molecule has 0 unspecified atom stereocenters. The van der Waals surface area contributed by atoms with Gasteiger partial charge in [0.1, 0.15) is 0 Å². The fraction of sp³-hybridized carbons (Fsp3) is 0.375. The van der Waals surface area contributed by atoms with Crippen molar-refractivity contribution >= 4 is 43.9 Å². The Morgan fingerprint density at radius 2 is 2.08 bits per heavy atom. The molecule has 3 N–H and O–H groups in total. The van der Waals surface area contributed by atoms with Gasteiger partial charge in [-0.1, -0.05) is 29.0 Å². The molecular formula is C16H20ClN3O4S2. The molecule has 7 nitrogen and oxygen atoms in total. The van der Waals surface area contributed by atoms with E-state index in [1.165, 1.54) is 23.5 Å². The van der Waals surface area contributed by atoms with Gasteiger partial charge in [-0.2, -0.15) is 0 Å². The van der Waals surface area contributed by atoms with Gasteiger partial charge in [0.15, 0.2) is 15.0 Å². The van der Waals surface area contributed by atoms with Crippen molar-refractivity contribution in [1.29, 1.82) is 0 Å². The van der Waals surface area contributed by atoms with E-state index in [9.17, 15) is 13.2 Å². The summed E-state index contributed by atoms with van der Waals surface area (Å²) < 4.78 is 23.7. The first-order chi connectivity index (χ1) is 12.2. The number of amides is 2. The summed E-state index contributed by atoms with van der Waals surface area (Å²) in [5.41, 5.74) is 1.34. The van der Waals surface area contributed by atoms with Crippen molar-refractivity contribution in [3.8, 4) is 10.4 Å². The van der Waals surface area contributed by atoms with Gasteiger partial charge >= 0.3 is 6.03 Å². The summed E-state index contributed by atoms with van der Waals surface area (Å²) in [6.07, 6.45) is 2.41. The molecule has 0 atom stereocenters. The molecule has 0 aliphatic carbocycles. The molecule has 1 aromatic carbocycles. The van der Waals surface area contributed by atoms with Gasteiger partial charge in [-0.15, -0.1) is 0 Å². The average molecular weight is 418 g/mol. The lowest BCUT2D eigenvalue weighted by atomic mass is 10.2. The molecule has 0 saturated carbocycles. The summed E-state index contributed by atoms with van der Waals surface area (Å²) in [4.78, 5) is 17.0. The summed E-state index contributed by atoms with van der Waals surface area (Å²) in [5.74, 6) is 0. The molecule has 2 amide bonds. The van der Waals surface area contributed by atoms with Crippen LogP contribution in [0.4, 0.5) is 9.93 Å². The number of hydrogen-bond acceptors (Lipinski definition) is 6. The van der Waals surface area contributed by atoms with Crippen LogP contribution in [0, 0.1) is 6.92 Å². The van der Waals surface area contributed by atoms with Crippen LogP contribution in [0.15, 0.2) is 23.1 Å². The standard InChI is InChI=1S/C16H20ClN3O4S2/c1-10-14(11-5-6-12(17)13(9-11)26(2,23)24)25-16(19-10)20-15(22)18-7-3-4-8-21/h5-6,9,21H,3-4,7-8H2,1-2H3,(H2,18,19,20,22). The highest BCUT2D eigenvalue weighted by Gasteiger charge is 2.17. The number of benzene rings is 1. The van der Waals surface area contributed by atoms with Crippen LogP contribution in [0.5, 0.6) is 0 Å². The second-order valence-electron chi connectivity index (χ2n) is 5.66. The Morgan fingerprint density at radius 3 is 2.73 bits per heavy atom. The number of aliphatic hydroxyl groups excluding tert-OH is 1. The highest BCUT2D eigenvalue weighted by Crippen LogP contribution is 2.35. The number of rotatable bonds is 7. The van der Waals surface area contributed by atoms with E-state index in [1.54, 1.807) is 13.0 Å². The fourth-order valence-electron chi connectivity index (χ4n) is 2.23. The van der Waals surface area contributed by atoms with Crippen molar-refractivity contribution < 1.29 is 18.3 Å². The fourth-order valence-corrected chi connectivity index (χ4v) is 4.49. The second kappa shape index (κ2) is 8.81. The topological polar surface area (TPSA) is 108 Å². The Kier molecular flexibility index (Phi) is 6.99. The lowest BCUT2D eigenvalue weighted by molar-refractivity contribution is 0.250. The van der Waals surface area contributed by atoms with Crippen molar-refractivity contribution in [3.05, 3.63) is 28.9 Å². The van der Waals surface area contributed by atoms with E-state index in [0.717, 1.165) is 11.1 Å². The number of unbranched alkanes of at least 4 members (excludes halogenated alkanes) is 1. The number of sulfone groups is 1.